The van der Waals surface area contributed by atoms with Crippen LogP contribution in [0.2, 0.25) is 0 Å². The van der Waals surface area contributed by atoms with E-state index in [4.69, 9.17) is 4.74 Å². The second kappa shape index (κ2) is 6.27. The van der Waals surface area contributed by atoms with Crippen LogP contribution in [-0.4, -0.2) is 47.0 Å². The molecule has 20 heavy (non-hydrogen) atoms. The van der Waals surface area contributed by atoms with Gasteiger partial charge in [-0.1, -0.05) is 12.8 Å². The van der Waals surface area contributed by atoms with Gasteiger partial charge in [0.1, 0.15) is 0 Å². The summed E-state index contributed by atoms with van der Waals surface area (Å²) in [6, 6.07) is 0.532. The van der Waals surface area contributed by atoms with Crippen molar-refractivity contribution in [3.8, 4) is 0 Å². The molecular formula is C16H27N3O. The lowest BCUT2D eigenvalue weighted by Crippen LogP contribution is -2.40. The van der Waals surface area contributed by atoms with Gasteiger partial charge < -0.3 is 4.74 Å². The average molecular weight is 277 g/mol. The van der Waals surface area contributed by atoms with Crippen LogP contribution < -0.4 is 0 Å². The molecule has 0 unspecified atom stereocenters. The lowest BCUT2D eigenvalue weighted by molar-refractivity contribution is 0.0617. The Morgan fingerprint density at radius 1 is 1.30 bits per heavy atom. The van der Waals surface area contributed by atoms with Crippen molar-refractivity contribution in [1.29, 1.82) is 0 Å². The van der Waals surface area contributed by atoms with Crippen LogP contribution in [0.25, 0.3) is 0 Å². The van der Waals surface area contributed by atoms with Crippen LogP contribution in [0.1, 0.15) is 37.7 Å². The second-order valence-corrected chi connectivity index (χ2v) is 6.50. The Morgan fingerprint density at radius 3 is 2.75 bits per heavy atom. The van der Waals surface area contributed by atoms with Gasteiger partial charge in [-0.2, -0.15) is 5.10 Å². The summed E-state index contributed by atoms with van der Waals surface area (Å²) in [7, 11) is 3.85. The van der Waals surface area contributed by atoms with E-state index in [0.717, 1.165) is 12.3 Å². The smallest absolute Gasteiger partial charge is 0.0741 e. The molecule has 1 aliphatic heterocycles. The van der Waals surface area contributed by atoms with E-state index in [1.54, 1.807) is 0 Å². The number of hydrogen-bond donors (Lipinski definition) is 0. The summed E-state index contributed by atoms with van der Waals surface area (Å²) in [6.07, 6.45) is 12.5. The Balaban J connectivity index is 1.65. The minimum atomic E-state index is 0.386. The Morgan fingerprint density at radius 2 is 2.10 bits per heavy atom. The van der Waals surface area contributed by atoms with Crippen molar-refractivity contribution < 1.29 is 4.74 Å². The molecule has 0 N–H and O–H groups in total. The number of rotatable bonds is 5. The molecule has 0 bridgehead atoms. The largest absolute Gasteiger partial charge is 0.380 e. The van der Waals surface area contributed by atoms with Crippen LogP contribution in [0.3, 0.4) is 0 Å². The van der Waals surface area contributed by atoms with Crippen LogP contribution in [0.15, 0.2) is 12.4 Å². The molecule has 0 radical (unpaired) electrons. The first-order valence-electron chi connectivity index (χ1n) is 8.00. The predicted octanol–water partition coefficient (Wildman–Crippen LogP) is 2.24. The highest BCUT2D eigenvalue weighted by atomic mass is 16.5. The predicted molar refractivity (Wildman–Crippen MR) is 79.6 cm³/mol. The molecule has 2 heterocycles. The Kier molecular flexibility index (Phi) is 4.41. The van der Waals surface area contributed by atoms with E-state index in [-0.39, 0.29) is 0 Å². The van der Waals surface area contributed by atoms with Gasteiger partial charge in [-0.3, -0.25) is 9.58 Å². The molecule has 112 valence electrons. The first-order valence-corrected chi connectivity index (χ1v) is 8.00. The molecule has 1 aliphatic carbocycles. The summed E-state index contributed by atoms with van der Waals surface area (Å²) in [6.45, 7) is 2.46. The average Bonchev–Trinajstić information content (AvgIpc) is 3.15. The Hall–Kier alpha value is -0.870. The molecular weight excluding hydrogens is 250 g/mol. The maximum atomic E-state index is 5.73. The number of nitrogens with zero attached hydrogens (tertiary/aromatic N) is 3. The van der Waals surface area contributed by atoms with Crippen molar-refractivity contribution in [3.63, 3.8) is 0 Å². The van der Waals surface area contributed by atoms with Crippen LogP contribution in [0.5, 0.6) is 0 Å². The molecule has 1 saturated heterocycles. The summed E-state index contributed by atoms with van der Waals surface area (Å²) in [5.41, 5.74) is 1.33. The van der Waals surface area contributed by atoms with Gasteiger partial charge in [0.2, 0.25) is 0 Å². The summed E-state index contributed by atoms with van der Waals surface area (Å²) >= 11 is 0. The highest BCUT2D eigenvalue weighted by molar-refractivity contribution is 5.08. The third kappa shape index (κ3) is 3.07. The van der Waals surface area contributed by atoms with E-state index >= 15 is 0 Å². The molecule has 1 aromatic heterocycles. The zero-order chi connectivity index (χ0) is 13.9. The van der Waals surface area contributed by atoms with E-state index in [1.165, 1.54) is 50.8 Å². The summed E-state index contributed by atoms with van der Waals surface area (Å²) in [4.78, 5) is 2.68. The van der Waals surface area contributed by atoms with Crippen LogP contribution in [-0.2, 0) is 18.2 Å². The standard InChI is InChI=1S/C16H27N3O/c1-18-11-14(10-17-18)9-15-16(20-2)7-8-19(15)12-13-5-3-4-6-13/h10-11,13,15-16H,3-9,12H2,1-2H3/t15-,16+/m1/s1. The number of ether oxygens (including phenoxy) is 1. The first-order chi connectivity index (χ1) is 9.76. The van der Waals surface area contributed by atoms with Gasteiger partial charge in [0.05, 0.1) is 12.3 Å². The monoisotopic (exact) mass is 277 g/mol. The fraction of sp³-hybridized carbons (Fsp3) is 0.812. The molecule has 3 rings (SSSR count). The highest BCUT2D eigenvalue weighted by Gasteiger charge is 2.35. The number of methoxy groups -OCH3 is 1. The minimum absolute atomic E-state index is 0.386. The molecule has 0 amide bonds. The van der Waals surface area contributed by atoms with Gasteiger partial charge in [0.25, 0.3) is 0 Å². The van der Waals surface area contributed by atoms with Crippen molar-refractivity contribution in [3.05, 3.63) is 18.0 Å². The molecule has 2 atom stereocenters. The zero-order valence-electron chi connectivity index (χ0n) is 12.8. The maximum Gasteiger partial charge on any atom is 0.0741 e. The van der Waals surface area contributed by atoms with Gasteiger partial charge in [0, 0.05) is 39.5 Å². The van der Waals surface area contributed by atoms with Crippen molar-refractivity contribution in [2.45, 2.75) is 50.7 Å². The molecule has 1 saturated carbocycles. The molecule has 4 nitrogen and oxygen atoms in total. The topological polar surface area (TPSA) is 30.3 Å². The van der Waals surface area contributed by atoms with Gasteiger partial charge in [-0.05, 0) is 37.2 Å². The van der Waals surface area contributed by atoms with Crippen molar-refractivity contribution in [1.82, 2.24) is 14.7 Å². The third-order valence-corrected chi connectivity index (χ3v) is 5.07. The number of likely N-dealkylation sites (tertiary alicyclic amines) is 1. The Bertz CT molecular complexity index is 425. The lowest BCUT2D eigenvalue weighted by atomic mass is 10.0. The number of hydrogen-bond acceptors (Lipinski definition) is 3. The first kappa shape index (κ1) is 14.1. The van der Waals surface area contributed by atoms with Gasteiger partial charge in [-0.25, -0.2) is 0 Å². The fourth-order valence-electron chi connectivity index (χ4n) is 3.99. The van der Waals surface area contributed by atoms with E-state index < -0.39 is 0 Å². The number of aromatic nitrogens is 2. The van der Waals surface area contributed by atoms with Crippen molar-refractivity contribution in [2.75, 3.05) is 20.2 Å². The van der Waals surface area contributed by atoms with Crippen LogP contribution in [0.4, 0.5) is 0 Å². The summed E-state index contributed by atoms with van der Waals surface area (Å²) in [5, 5.41) is 4.30. The lowest BCUT2D eigenvalue weighted by Gasteiger charge is -2.29. The van der Waals surface area contributed by atoms with E-state index in [0.29, 0.717) is 12.1 Å². The van der Waals surface area contributed by atoms with Gasteiger partial charge in [-0.15, -0.1) is 0 Å². The zero-order valence-corrected chi connectivity index (χ0v) is 12.8. The Labute approximate surface area is 122 Å². The molecule has 4 heteroatoms. The molecule has 2 fully saturated rings. The SMILES string of the molecule is CO[C@H]1CCN(CC2CCCC2)[C@@H]1Cc1cnn(C)c1. The van der Waals surface area contributed by atoms with E-state index in [1.807, 2.05) is 25.0 Å². The van der Waals surface area contributed by atoms with Crippen molar-refractivity contribution >= 4 is 0 Å². The van der Waals surface area contributed by atoms with E-state index in [9.17, 15) is 0 Å². The highest BCUT2D eigenvalue weighted by Crippen LogP contribution is 2.30. The van der Waals surface area contributed by atoms with Crippen molar-refractivity contribution in [2.24, 2.45) is 13.0 Å². The van der Waals surface area contributed by atoms with Gasteiger partial charge in [0.15, 0.2) is 0 Å². The quantitative estimate of drug-likeness (QED) is 0.827. The summed E-state index contributed by atoms with van der Waals surface area (Å²) < 4.78 is 7.62. The molecule has 0 spiro atoms. The maximum absolute atomic E-state index is 5.73. The van der Waals surface area contributed by atoms with Crippen LogP contribution in [0, 0.1) is 5.92 Å². The normalized spacial score (nSPS) is 28.5. The second-order valence-electron chi connectivity index (χ2n) is 6.50. The summed E-state index contributed by atoms with van der Waals surface area (Å²) in [5.74, 6) is 0.919. The van der Waals surface area contributed by atoms with Gasteiger partial charge >= 0.3 is 0 Å². The third-order valence-electron chi connectivity index (χ3n) is 5.07. The van der Waals surface area contributed by atoms with E-state index in [2.05, 4.69) is 16.2 Å². The number of aryl methyl sites for hydroxylation is 1. The van der Waals surface area contributed by atoms with Crippen LogP contribution >= 0.6 is 0 Å². The minimum Gasteiger partial charge on any atom is -0.380 e. The fourth-order valence-corrected chi connectivity index (χ4v) is 3.99. The molecule has 2 aliphatic rings. The molecule has 1 aromatic rings. The molecule has 0 aromatic carbocycles.